The highest BCUT2D eigenvalue weighted by Gasteiger charge is 2.30. The summed E-state index contributed by atoms with van der Waals surface area (Å²) in [6, 6.07) is 22.4. The maximum atomic E-state index is 13.9. The molecule has 3 aromatic rings. The van der Waals surface area contributed by atoms with Gasteiger partial charge in [0.2, 0.25) is 21.8 Å². The van der Waals surface area contributed by atoms with Gasteiger partial charge in [-0.05, 0) is 73.2 Å². The van der Waals surface area contributed by atoms with Crippen LogP contribution in [0.3, 0.4) is 0 Å². The number of nitrogens with one attached hydrogen (secondary N) is 1. The third-order valence-electron chi connectivity index (χ3n) is 7.01. The van der Waals surface area contributed by atoms with Crippen LogP contribution < -0.4 is 9.62 Å². The Morgan fingerprint density at radius 2 is 1.55 bits per heavy atom. The first kappa shape index (κ1) is 33.3. The highest BCUT2D eigenvalue weighted by molar-refractivity contribution is 9.10. The van der Waals surface area contributed by atoms with Gasteiger partial charge in [-0.2, -0.15) is 0 Å². The Kier molecular flexibility index (Phi) is 12.6. The molecule has 42 heavy (non-hydrogen) atoms. The number of halogens is 1. The van der Waals surface area contributed by atoms with Gasteiger partial charge >= 0.3 is 0 Å². The predicted octanol–water partition coefficient (Wildman–Crippen LogP) is 6.17. The van der Waals surface area contributed by atoms with Gasteiger partial charge in [-0.1, -0.05) is 77.8 Å². The van der Waals surface area contributed by atoms with Crippen LogP contribution in [-0.4, -0.2) is 50.5 Å². The lowest BCUT2D eigenvalue weighted by molar-refractivity contribution is -0.141. The van der Waals surface area contributed by atoms with Gasteiger partial charge in [0, 0.05) is 36.9 Å². The number of benzene rings is 3. The van der Waals surface area contributed by atoms with Crippen molar-refractivity contribution in [2.45, 2.75) is 65.5 Å². The summed E-state index contributed by atoms with van der Waals surface area (Å²) in [6.07, 6.45) is 3.76. The number of anilines is 1. The van der Waals surface area contributed by atoms with Crippen molar-refractivity contribution in [1.82, 2.24) is 10.2 Å². The molecule has 0 aliphatic rings. The summed E-state index contributed by atoms with van der Waals surface area (Å²) in [4.78, 5) is 29.2. The first-order chi connectivity index (χ1) is 20.0. The molecule has 3 rings (SSSR count). The number of unbranched alkanes of at least 4 members (excludes halogenated alkanes) is 1. The zero-order valence-electron chi connectivity index (χ0n) is 25.0. The van der Waals surface area contributed by atoms with Gasteiger partial charge in [0.25, 0.3) is 0 Å². The van der Waals surface area contributed by atoms with E-state index in [-0.39, 0.29) is 31.3 Å². The number of nitrogens with zero attached hydrogens (tertiary/aromatic N) is 2. The van der Waals surface area contributed by atoms with Crippen LogP contribution >= 0.6 is 15.9 Å². The highest BCUT2D eigenvalue weighted by Crippen LogP contribution is 2.23. The molecule has 1 N–H and O–H groups in total. The Morgan fingerprint density at radius 1 is 0.905 bits per heavy atom. The lowest BCUT2D eigenvalue weighted by atomic mass is 10.0. The second-order valence-electron chi connectivity index (χ2n) is 10.8. The minimum Gasteiger partial charge on any atom is -0.354 e. The molecule has 0 fully saturated rings. The Balaban J connectivity index is 1.88. The molecule has 0 bridgehead atoms. The van der Waals surface area contributed by atoms with Gasteiger partial charge in [-0.3, -0.25) is 13.9 Å². The number of aryl methyl sites for hydroxylation is 2. The highest BCUT2D eigenvalue weighted by atomic mass is 79.9. The quantitative estimate of drug-likeness (QED) is 0.199. The standard InChI is InChI=1S/C33H42BrN3O4S/c1-5-6-18-35-33(39)31(23-27-11-8-7-9-12-27)36(24-28-14-16-29(34)17-15-28)32(38)13-10-19-37(42(4,40)41)30-21-25(2)20-26(3)22-30/h7-9,11-12,14-17,20-22,31H,5-6,10,13,18-19,23-24H2,1-4H3,(H,35,39)/t31-/m0/s1. The topological polar surface area (TPSA) is 86.8 Å². The summed E-state index contributed by atoms with van der Waals surface area (Å²) < 4.78 is 27.7. The predicted molar refractivity (Wildman–Crippen MR) is 174 cm³/mol. The first-order valence-electron chi connectivity index (χ1n) is 14.4. The smallest absolute Gasteiger partial charge is 0.243 e. The zero-order valence-corrected chi connectivity index (χ0v) is 27.4. The average Bonchev–Trinajstić information content (AvgIpc) is 2.93. The van der Waals surface area contributed by atoms with Crippen LogP contribution in [0, 0.1) is 13.8 Å². The van der Waals surface area contributed by atoms with Crippen molar-refractivity contribution in [3.63, 3.8) is 0 Å². The number of amides is 2. The lowest BCUT2D eigenvalue weighted by Crippen LogP contribution is -2.50. The van der Waals surface area contributed by atoms with E-state index in [1.807, 2.05) is 86.6 Å². The Morgan fingerprint density at radius 3 is 2.14 bits per heavy atom. The van der Waals surface area contributed by atoms with Crippen molar-refractivity contribution in [3.05, 3.63) is 99.5 Å². The van der Waals surface area contributed by atoms with Crippen LogP contribution in [-0.2, 0) is 32.6 Å². The first-order valence-corrected chi connectivity index (χ1v) is 17.0. The lowest BCUT2D eigenvalue weighted by Gasteiger charge is -2.32. The summed E-state index contributed by atoms with van der Waals surface area (Å²) >= 11 is 3.47. The summed E-state index contributed by atoms with van der Waals surface area (Å²) in [5.41, 5.74) is 4.38. The van der Waals surface area contributed by atoms with Crippen molar-refractivity contribution >= 4 is 43.5 Å². The third-order valence-corrected chi connectivity index (χ3v) is 8.74. The number of hydrogen-bond donors (Lipinski definition) is 1. The molecule has 2 amide bonds. The molecule has 0 heterocycles. The molecular weight excluding hydrogens is 614 g/mol. The third kappa shape index (κ3) is 10.3. The molecule has 3 aromatic carbocycles. The van der Waals surface area contributed by atoms with E-state index in [1.54, 1.807) is 4.90 Å². The number of carbonyl (C=O) groups excluding carboxylic acids is 2. The number of sulfonamides is 1. The van der Waals surface area contributed by atoms with Crippen molar-refractivity contribution in [2.24, 2.45) is 0 Å². The summed E-state index contributed by atoms with van der Waals surface area (Å²) in [7, 11) is -3.57. The van der Waals surface area contributed by atoms with Gasteiger partial charge in [0.1, 0.15) is 6.04 Å². The minimum absolute atomic E-state index is 0.0981. The molecular formula is C33H42BrN3O4S. The molecule has 1 atom stereocenters. The maximum absolute atomic E-state index is 13.9. The van der Waals surface area contributed by atoms with Crippen LogP contribution in [0.25, 0.3) is 0 Å². The van der Waals surface area contributed by atoms with E-state index in [0.717, 1.165) is 39.6 Å². The van der Waals surface area contributed by atoms with Gasteiger partial charge in [-0.15, -0.1) is 0 Å². The molecule has 0 aromatic heterocycles. The molecule has 0 radical (unpaired) electrons. The second kappa shape index (κ2) is 15.9. The van der Waals surface area contributed by atoms with E-state index in [9.17, 15) is 18.0 Å². The van der Waals surface area contributed by atoms with Crippen LogP contribution in [0.5, 0.6) is 0 Å². The molecule has 0 saturated carbocycles. The van der Waals surface area contributed by atoms with E-state index < -0.39 is 16.1 Å². The fourth-order valence-corrected chi connectivity index (χ4v) is 6.16. The average molecular weight is 657 g/mol. The molecule has 9 heteroatoms. The van der Waals surface area contributed by atoms with Crippen molar-refractivity contribution in [3.8, 4) is 0 Å². The molecule has 0 saturated heterocycles. The molecule has 0 aliphatic heterocycles. The Bertz CT molecular complexity index is 1410. The number of carbonyl (C=O) groups is 2. The van der Waals surface area contributed by atoms with Crippen LogP contribution in [0.4, 0.5) is 5.69 Å². The number of rotatable bonds is 15. The van der Waals surface area contributed by atoms with E-state index in [0.29, 0.717) is 25.1 Å². The summed E-state index contributed by atoms with van der Waals surface area (Å²) in [5.74, 6) is -0.385. The second-order valence-corrected chi connectivity index (χ2v) is 13.6. The van der Waals surface area contributed by atoms with Gasteiger partial charge in [0.05, 0.1) is 11.9 Å². The van der Waals surface area contributed by atoms with Crippen LogP contribution in [0.15, 0.2) is 77.3 Å². The molecule has 7 nitrogen and oxygen atoms in total. The fourth-order valence-electron chi connectivity index (χ4n) is 4.95. The SMILES string of the molecule is CCCCNC(=O)[C@H](Cc1ccccc1)N(Cc1ccc(Br)cc1)C(=O)CCCN(c1cc(C)cc(C)c1)S(C)(=O)=O. The summed E-state index contributed by atoms with van der Waals surface area (Å²) in [6.45, 7) is 6.89. The Labute approximate surface area is 259 Å². The van der Waals surface area contributed by atoms with E-state index in [1.165, 1.54) is 10.6 Å². The Hall–Kier alpha value is -3.17. The molecule has 0 spiro atoms. The number of hydrogen-bond acceptors (Lipinski definition) is 4. The van der Waals surface area contributed by atoms with Gasteiger partial charge in [0.15, 0.2) is 0 Å². The van der Waals surface area contributed by atoms with Crippen molar-refractivity contribution in [1.29, 1.82) is 0 Å². The monoisotopic (exact) mass is 655 g/mol. The van der Waals surface area contributed by atoms with Crippen molar-refractivity contribution in [2.75, 3.05) is 23.7 Å². The normalized spacial score (nSPS) is 12.0. The summed E-state index contributed by atoms with van der Waals surface area (Å²) in [5, 5.41) is 3.03. The fraction of sp³-hybridized carbons (Fsp3) is 0.394. The van der Waals surface area contributed by atoms with E-state index >= 15 is 0 Å². The van der Waals surface area contributed by atoms with Gasteiger partial charge in [-0.25, -0.2) is 8.42 Å². The molecule has 226 valence electrons. The zero-order chi connectivity index (χ0) is 30.7. The van der Waals surface area contributed by atoms with Crippen molar-refractivity contribution < 1.29 is 18.0 Å². The van der Waals surface area contributed by atoms with E-state index in [4.69, 9.17) is 0 Å². The molecule has 0 aliphatic carbocycles. The van der Waals surface area contributed by atoms with Gasteiger partial charge < -0.3 is 10.2 Å². The van der Waals surface area contributed by atoms with E-state index in [2.05, 4.69) is 28.2 Å². The molecule has 0 unspecified atom stereocenters. The minimum atomic E-state index is -3.57. The largest absolute Gasteiger partial charge is 0.354 e. The van der Waals surface area contributed by atoms with Crippen LogP contribution in [0.1, 0.15) is 54.9 Å². The van der Waals surface area contributed by atoms with Crippen LogP contribution in [0.2, 0.25) is 0 Å². The maximum Gasteiger partial charge on any atom is 0.243 e.